The van der Waals surface area contributed by atoms with Gasteiger partial charge in [-0.25, -0.2) is 0 Å². The van der Waals surface area contributed by atoms with E-state index in [0.29, 0.717) is 0 Å². The lowest BCUT2D eigenvalue weighted by Gasteiger charge is -2.00. The van der Waals surface area contributed by atoms with E-state index < -0.39 is 0 Å². The van der Waals surface area contributed by atoms with E-state index in [2.05, 4.69) is 5.10 Å². The van der Waals surface area contributed by atoms with Gasteiger partial charge < -0.3 is 9.43 Å². The van der Waals surface area contributed by atoms with Crippen molar-refractivity contribution in [2.24, 2.45) is 5.10 Å². The molecule has 1 heterocycles. The Morgan fingerprint density at radius 1 is 1.29 bits per heavy atom. The van der Waals surface area contributed by atoms with Crippen LogP contribution in [-0.4, -0.2) is 25.3 Å². The molecule has 3 heteroatoms. The second-order valence-corrected chi connectivity index (χ2v) is 3.28. The second-order valence-electron chi connectivity index (χ2n) is 3.28. The van der Waals surface area contributed by atoms with Crippen molar-refractivity contribution < 1.29 is 4.42 Å². The lowest BCUT2D eigenvalue weighted by Crippen LogP contribution is -2.01. The van der Waals surface area contributed by atoms with E-state index in [-0.39, 0.29) is 0 Å². The number of fused-ring (bicyclic) bond motifs is 1. The summed E-state index contributed by atoms with van der Waals surface area (Å²) in [6.07, 6.45) is 1.71. The standard InChI is InChI=1S/C11H12N2O/c1-13(2)12-8-10-7-9-5-3-4-6-11(9)14-10/h3-8H,1-2H3/b12-8-. The molecule has 72 valence electrons. The maximum Gasteiger partial charge on any atom is 0.148 e. The van der Waals surface area contributed by atoms with E-state index in [4.69, 9.17) is 4.42 Å². The zero-order valence-corrected chi connectivity index (χ0v) is 8.27. The summed E-state index contributed by atoms with van der Waals surface area (Å²) in [5.74, 6) is 0.778. The Morgan fingerprint density at radius 2 is 2.07 bits per heavy atom. The summed E-state index contributed by atoms with van der Waals surface area (Å²) in [6, 6.07) is 9.89. The first-order valence-electron chi connectivity index (χ1n) is 4.45. The molecule has 0 aliphatic rings. The van der Waals surface area contributed by atoms with Gasteiger partial charge in [0.05, 0.1) is 6.21 Å². The van der Waals surface area contributed by atoms with Crippen molar-refractivity contribution >= 4 is 17.2 Å². The van der Waals surface area contributed by atoms with E-state index in [1.54, 1.807) is 11.2 Å². The van der Waals surface area contributed by atoms with Crippen molar-refractivity contribution in [3.05, 3.63) is 36.1 Å². The Morgan fingerprint density at radius 3 is 2.79 bits per heavy atom. The van der Waals surface area contributed by atoms with Gasteiger partial charge in [0.1, 0.15) is 11.3 Å². The molecule has 0 fully saturated rings. The minimum Gasteiger partial charge on any atom is -0.455 e. The van der Waals surface area contributed by atoms with E-state index >= 15 is 0 Å². The highest BCUT2D eigenvalue weighted by molar-refractivity contribution is 5.86. The lowest BCUT2D eigenvalue weighted by molar-refractivity contribution is 0.438. The third-order valence-electron chi connectivity index (χ3n) is 1.86. The van der Waals surface area contributed by atoms with Crippen LogP contribution >= 0.6 is 0 Å². The molecule has 1 aromatic carbocycles. The molecule has 0 saturated carbocycles. The predicted molar refractivity (Wildman–Crippen MR) is 57.5 cm³/mol. The summed E-state index contributed by atoms with van der Waals surface area (Å²) in [5, 5.41) is 6.94. The van der Waals surface area contributed by atoms with Gasteiger partial charge in [-0.2, -0.15) is 5.10 Å². The largest absolute Gasteiger partial charge is 0.455 e. The molecule has 0 amide bonds. The summed E-state index contributed by atoms with van der Waals surface area (Å²) in [4.78, 5) is 0. The molecule has 0 N–H and O–H groups in total. The van der Waals surface area contributed by atoms with Crippen molar-refractivity contribution in [2.75, 3.05) is 14.1 Å². The Balaban J connectivity index is 2.36. The number of para-hydroxylation sites is 1. The highest BCUT2D eigenvalue weighted by Gasteiger charge is 1.99. The number of nitrogens with zero attached hydrogens (tertiary/aromatic N) is 2. The quantitative estimate of drug-likeness (QED) is 0.534. The number of hydrogen-bond acceptors (Lipinski definition) is 3. The van der Waals surface area contributed by atoms with Crippen molar-refractivity contribution in [1.29, 1.82) is 0 Å². The van der Waals surface area contributed by atoms with Crippen LogP contribution in [0.1, 0.15) is 5.76 Å². The first-order valence-corrected chi connectivity index (χ1v) is 4.45. The summed E-state index contributed by atoms with van der Waals surface area (Å²) >= 11 is 0. The highest BCUT2D eigenvalue weighted by atomic mass is 16.3. The summed E-state index contributed by atoms with van der Waals surface area (Å²) in [6.45, 7) is 0. The van der Waals surface area contributed by atoms with Gasteiger partial charge in [-0.15, -0.1) is 0 Å². The van der Waals surface area contributed by atoms with Gasteiger partial charge >= 0.3 is 0 Å². The molecule has 0 spiro atoms. The molecule has 2 rings (SSSR count). The fraction of sp³-hybridized carbons (Fsp3) is 0.182. The third-order valence-corrected chi connectivity index (χ3v) is 1.86. The SMILES string of the molecule is CN(C)/N=C\c1cc2ccccc2o1. The zero-order valence-electron chi connectivity index (χ0n) is 8.27. The molecular weight excluding hydrogens is 176 g/mol. The smallest absolute Gasteiger partial charge is 0.148 e. The minimum atomic E-state index is 0.778. The van der Waals surface area contributed by atoms with Crippen LogP contribution in [0.25, 0.3) is 11.0 Å². The first kappa shape index (κ1) is 8.81. The zero-order chi connectivity index (χ0) is 9.97. The Bertz CT molecular complexity index is 424. The number of furan rings is 1. The molecule has 0 bridgehead atoms. The van der Waals surface area contributed by atoms with Crippen LogP contribution in [0.4, 0.5) is 0 Å². The van der Waals surface area contributed by atoms with Gasteiger partial charge in [-0.05, 0) is 12.1 Å². The summed E-state index contributed by atoms with van der Waals surface area (Å²) in [7, 11) is 3.75. The van der Waals surface area contributed by atoms with Gasteiger partial charge in [-0.3, -0.25) is 0 Å². The number of hydrazone groups is 1. The third kappa shape index (κ3) is 1.76. The van der Waals surface area contributed by atoms with Crippen molar-refractivity contribution in [3.63, 3.8) is 0 Å². The van der Waals surface area contributed by atoms with Gasteiger partial charge in [0.2, 0.25) is 0 Å². The molecule has 0 saturated heterocycles. The van der Waals surface area contributed by atoms with E-state index in [1.165, 1.54) is 0 Å². The summed E-state index contributed by atoms with van der Waals surface area (Å²) in [5.41, 5.74) is 0.896. The van der Waals surface area contributed by atoms with Crippen molar-refractivity contribution in [2.45, 2.75) is 0 Å². The van der Waals surface area contributed by atoms with Crippen LogP contribution in [0.2, 0.25) is 0 Å². The molecule has 0 radical (unpaired) electrons. The Hall–Kier alpha value is -1.77. The lowest BCUT2D eigenvalue weighted by atomic mass is 10.2. The van der Waals surface area contributed by atoms with E-state index in [0.717, 1.165) is 16.7 Å². The van der Waals surface area contributed by atoms with Crippen LogP contribution in [0, 0.1) is 0 Å². The van der Waals surface area contributed by atoms with Crippen LogP contribution in [0.5, 0.6) is 0 Å². The van der Waals surface area contributed by atoms with Gasteiger partial charge in [0.15, 0.2) is 0 Å². The molecule has 0 aliphatic heterocycles. The molecule has 14 heavy (non-hydrogen) atoms. The first-order chi connectivity index (χ1) is 6.75. The van der Waals surface area contributed by atoms with Crippen molar-refractivity contribution in [1.82, 2.24) is 5.01 Å². The predicted octanol–water partition coefficient (Wildman–Crippen LogP) is 2.33. The fourth-order valence-corrected chi connectivity index (χ4v) is 1.24. The maximum atomic E-state index is 5.54. The van der Waals surface area contributed by atoms with Crippen LogP contribution in [0.3, 0.4) is 0 Å². The molecular formula is C11H12N2O. The van der Waals surface area contributed by atoms with Crippen LogP contribution in [-0.2, 0) is 0 Å². The molecule has 3 nitrogen and oxygen atoms in total. The molecule has 2 aromatic rings. The number of hydrogen-bond donors (Lipinski definition) is 0. The normalized spacial score (nSPS) is 11.3. The van der Waals surface area contributed by atoms with E-state index in [1.807, 2.05) is 44.4 Å². The second kappa shape index (κ2) is 3.54. The van der Waals surface area contributed by atoms with Gasteiger partial charge in [0.25, 0.3) is 0 Å². The minimum absolute atomic E-state index is 0.778. The van der Waals surface area contributed by atoms with Crippen LogP contribution in [0.15, 0.2) is 39.9 Å². The molecule has 0 aliphatic carbocycles. The monoisotopic (exact) mass is 188 g/mol. The summed E-state index contributed by atoms with van der Waals surface area (Å²) < 4.78 is 5.54. The van der Waals surface area contributed by atoms with Crippen LogP contribution < -0.4 is 0 Å². The van der Waals surface area contributed by atoms with Gasteiger partial charge in [-0.1, -0.05) is 18.2 Å². The van der Waals surface area contributed by atoms with Gasteiger partial charge in [0, 0.05) is 19.5 Å². The Kier molecular flexibility index (Phi) is 2.23. The van der Waals surface area contributed by atoms with E-state index in [9.17, 15) is 0 Å². The molecule has 1 aromatic heterocycles. The molecule has 0 atom stereocenters. The number of benzene rings is 1. The highest BCUT2D eigenvalue weighted by Crippen LogP contribution is 2.17. The van der Waals surface area contributed by atoms with Crippen molar-refractivity contribution in [3.8, 4) is 0 Å². The number of rotatable bonds is 2. The molecule has 0 unspecified atom stereocenters. The maximum absolute atomic E-state index is 5.54. The average molecular weight is 188 g/mol. The topological polar surface area (TPSA) is 28.7 Å². The average Bonchev–Trinajstić information content (AvgIpc) is 2.57. The Labute approximate surface area is 82.6 Å². The fourth-order valence-electron chi connectivity index (χ4n) is 1.24.